The van der Waals surface area contributed by atoms with Crippen LogP contribution in [0.15, 0.2) is 83.7 Å². The lowest BCUT2D eigenvalue weighted by molar-refractivity contribution is -0.123. The van der Waals surface area contributed by atoms with Gasteiger partial charge in [-0.2, -0.15) is 5.10 Å². The van der Waals surface area contributed by atoms with Crippen LogP contribution in [-0.4, -0.2) is 83.3 Å². The number of benzene rings is 2. The molecule has 1 amide bonds. The van der Waals surface area contributed by atoms with E-state index in [0.717, 1.165) is 55.1 Å². The van der Waals surface area contributed by atoms with Crippen LogP contribution in [0.25, 0.3) is 0 Å². The average molecular weight is 634 g/mol. The van der Waals surface area contributed by atoms with E-state index in [0.29, 0.717) is 25.2 Å². The maximum atomic E-state index is 14.9. The van der Waals surface area contributed by atoms with Gasteiger partial charge in [-0.3, -0.25) is 14.7 Å². The van der Waals surface area contributed by atoms with Gasteiger partial charge in [-0.15, -0.1) is 0 Å². The molecule has 3 aromatic rings. The standard InChI is InChI=1S/C34H41F2N7O3/c1-25(5-6-26(2)43(23-37-4)27(3)44)40-13-15-41(16-14-40)30-8-10-31(11-9-30)45-19-28-18-34(46-20-28,21-42-24-38-22-39-42)32-12-7-29(35)17-33(32)36/h5-12,17,22-24,28H,13-16,18-21H2,1-4H3/b25-5+,26-6+,37-23?/t28-,34+/m1/s1. The second-order valence-corrected chi connectivity index (χ2v) is 11.8. The largest absolute Gasteiger partial charge is 0.493 e. The molecule has 2 atom stereocenters. The molecule has 0 unspecified atom stereocenters. The van der Waals surface area contributed by atoms with Crippen molar-refractivity contribution in [3.05, 3.63) is 95.9 Å². The lowest BCUT2D eigenvalue weighted by Crippen LogP contribution is -2.45. The van der Waals surface area contributed by atoms with Crippen LogP contribution in [-0.2, 0) is 21.7 Å². The summed E-state index contributed by atoms with van der Waals surface area (Å²) in [7, 11) is 1.64. The van der Waals surface area contributed by atoms with Crippen LogP contribution in [0, 0.1) is 17.6 Å². The highest BCUT2D eigenvalue weighted by Gasteiger charge is 2.44. The van der Waals surface area contributed by atoms with E-state index in [1.807, 2.05) is 31.2 Å². The summed E-state index contributed by atoms with van der Waals surface area (Å²) in [5.41, 5.74) is 2.38. The van der Waals surface area contributed by atoms with E-state index in [4.69, 9.17) is 9.47 Å². The van der Waals surface area contributed by atoms with E-state index in [9.17, 15) is 13.6 Å². The van der Waals surface area contributed by atoms with Crippen LogP contribution in [0.4, 0.5) is 14.5 Å². The van der Waals surface area contributed by atoms with Crippen molar-refractivity contribution >= 4 is 17.9 Å². The molecule has 244 valence electrons. The molecule has 1 aromatic heterocycles. The van der Waals surface area contributed by atoms with E-state index in [-0.39, 0.29) is 18.4 Å². The third-order valence-electron chi connectivity index (χ3n) is 8.50. The fourth-order valence-electron chi connectivity index (χ4n) is 6.03. The second kappa shape index (κ2) is 14.7. The summed E-state index contributed by atoms with van der Waals surface area (Å²) >= 11 is 0. The van der Waals surface area contributed by atoms with Crippen LogP contribution < -0.4 is 9.64 Å². The van der Waals surface area contributed by atoms with Crippen molar-refractivity contribution in [3.8, 4) is 5.75 Å². The summed E-state index contributed by atoms with van der Waals surface area (Å²) < 4.78 is 42.6. The highest BCUT2D eigenvalue weighted by molar-refractivity contribution is 5.88. The number of nitrogens with zero attached hydrogens (tertiary/aromatic N) is 7. The smallest absolute Gasteiger partial charge is 0.228 e. The average Bonchev–Trinajstić information content (AvgIpc) is 3.72. The molecule has 2 aliphatic rings. The number of hydrogen-bond donors (Lipinski definition) is 0. The first-order valence-electron chi connectivity index (χ1n) is 15.4. The number of anilines is 1. The molecule has 0 radical (unpaired) electrons. The van der Waals surface area contributed by atoms with Gasteiger partial charge in [0.15, 0.2) is 0 Å². The third kappa shape index (κ3) is 7.79. The lowest BCUT2D eigenvalue weighted by Gasteiger charge is -2.37. The Morgan fingerprint density at radius 1 is 1.11 bits per heavy atom. The van der Waals surface area contributed by atoms with E-state index in [1.165, 1.54) is 36.6 Å². The van der Waals surface area contributed by atoms with Gasteiger partial charge in [0, 0.05) is 74.8 Å². The Kier molecular flexibility index (Phi) is 10.5. The molecule has 12 heteroatoms. The molecule has 46 heavy (non-hydrogen) atoms. The Labute approximate surface area is 268 Å². The van der Waals surface area contributed by atoms with Gasteiger partial charge in [-0.05, 0) is 62.8 Å². The minimum atomic E-state index is -1.01. The molecule has 0 N–H and O–H groups in total. The Bertz CT molecular complexity index is 1570. The predicted octanol–water partition coefficient (Wildman–Crippen LogP) is 5.00. The number of carbonyl (C=O) groups excluding carboxylic acids is 1. The molecular weight excluding hydrogens is 592 g/mol. The van der Waals surface area contributed by atoms with Crippen LogP contribution in [0.2, 0.25) is 0 Å². The number of ether oxygens (including phenoxy) is 2. The van der Waals surface area contributed by atoms with Crippen LogP contribution in [0.3, 0.4) is 0 Å². The molecule has 5 rings (SSSR count). The Morgan fingerprint density at radius 2 is 1.87 bits per heavy atom. The first kappa shape index (κ1) is 32.8. The van der Waals surface area contributed by atoms with Crippen molar-refractivity contribution in [1.82, 2.24) is 24.6 Å². The Morgan fingerprint density at radius 3 is 2.52 bits per heavy atom. The van der Waals surface area contributed by atoms with Gasteiger partial charge >= 0.3 is 0 Å². The molecule has 2 fully saturated rings. The zero-order valence-electron chi connectivity index (χ0n) is 26.8. The summed E-state index contributed by atoms with van der Waals surface area (Å²) in [5.74, 6) is -0.607. The van der Waals surface area contributed by atoms with E-state index in [1.54, 1.807) is 18.1 Å². The van der Waals surface area contributed by atoms with Gasteiger partial charge in [0.2, 0.25) is 5.91 Å². The maximum absolute atomic E-state index is 14.9. The van der Waals surface area contributed by atoms with Crippen LogP contribution in [0.5, 0.6) is 5.75 Å². The van der Waals surface area contributed by atoms with Crippen LogP contribution in [0.1, 0.15) is 32.8 Å². The molecule has 10 nitrogen and oxygen atoms in total. The summed E-state index contributed by atoms with van der Waals surface area (Å²) in [6, 6.07) is 11.7. The molecule has 2 aliphatic heterocycles. The predicted molar refractivity (Wildman–Crippen MR) is 172 cm³/mol. The summed E-state index contributed by atoms with van der Waals surface area (Å²) in [5, 5.41) is 4.18. The zero-order valence-corrected chi connectivity index (χ0v) is 26.8. The van der Waals surface area contributed by atoms with Crippen molar-refractivity contribution in [2.75, 3.05) is 51.3 Å². The van der Waals surface area contributed by atoms with Gasteiger partial charge in [-0.25, -0.2) is 18.4 Å². The van der Waals surface area contributed by atoms with Gasteiger partial charge < -0.3 is 19.3 Å². The SMILES string of the molecule is CN=CN(C(C)=O)/C(C)=C/C=C(\C)N1CCN(c2ccc(OC[C@@H]3CO[C@@](Cn4cncn4)(c4ccc(F)cc4F)C3)cc2)CC1. The van der Waals surface area contributed by atoms with Crippen molar-refractivity contribution < 1.29 is 23.0 Å². The number of piperazine rings is 1. The van der Waals surface area contributed by atoms with Gasteiger partial charge in [0.25, 0.3) is 0 Å². The molecule has 2 saturated heterocycles. The summed E-state index contributed by atoms with van der Waals surface area (Å²) in [4.78, 5) is 26.0. The second-order valence-electron chi connectivity index (χ2n) is 11.8. The molecule has 2 aromatic carbocycles. The van der Waals surface area contributed by atoms with E-state index >= 15 is 0 Å². The number of aliphatic imine (C=N–C) groups is 1. The molecule has 0 bridgehead atoms. The lowest BCUT2D eigenvalue weighted by atomic mass is 9.87. The topological polar surface area (TPSA) is 88.3 Å². The molecule has 0 saturated carbocycles. The maximum Gasteiger partial charge on any atom is 0.228 e. The van der Waals surface area contributed by atoms with E-state index in [2.05, 4.69) is 43.9 Å². The fourth-order valence-corrected chi connectivity index (χ4v) is 6.03. The first-order valence-corrected chi connectivity index (χ1v) is 15.4. The number of aromatic nitrogens is 3. The van der Waals surface area contributed by atoms with Crippen molar-refractivity contribution in [3.63, 3.8) is 0 Å². The Balaban J connectivity index is 1.14. The monoisotopic (exact) mass is 633 g/mol. The molecule has 0 aliphatic carbocycles. The quantitative estimate of drug-likeness (QED) is 0.167. The van der Waals surface area contributed by atoms with Gasteiger partial charge in [-0.1, -0.05) is 6.07 Å². The normalized spacial score (nSPS) is 20.9. The summed E-state index contributed by atoms with van der Waals surface area (Å²) in [6.45, 7) is 10.0. The first-order chi connectivity index (χ1) is 22.2. The van der Waals surface area contributed by atoms with E-state index < -0.39 is 17.2 Å². The number of allylic oxidation sites excluding steroid dienone is 4. The number of rotatable bonds is 11. The van der Waals surface area contributed by atoms with Crippen molar-refractivity contribution in [1.29, 1.82) is 0 Å². The highest BCUT2D eigenvalue weighted by atomic mass is 19.1. The molecule has 0 spiro atoms. The number of hydrogen-bond acceptors (Lipinski definition) is 8. The summed E-state index contributed by atoms with van der Waals surface area (Å²) in [6.07, 6.45) is 8.98. The molecular formula is C34H41F2N7O3. The van der Waals surface area contributed by atoms with Gasteiger partial charge in [0.1, 0.15) is 35.6 Å². The van der Waals surface area contributed by atoms with Crippen molar-refractivity contribution in [2.45, 2.75) is 39.3 Å². The third-order valence-corrected chi connectivity index (χ3v) is 8.50. The number of carbonyl (C=O) groups is 1. The minimum absolute atomic E-state index is 0.000894. The zero-order chi connectivity index (χ0) is 32.7. The Hall–Kier alpha value is -4.58. The highest BCUT2D eigenvalue weighted by Crippen LogP contribution is 2.42. The van der Waals surface area contributed by atoms with Gasteiger partial charge in [0.05, 0.1) is 26.1 Å². The minimum Gasteiger partial charge on any atom is -0.493 e. The van der Waals surface area contributed by atoms with Crippen LogP contribution >= 0.6 is 0 Å². The molecule has 3 heterocycles. The number of amides is 1. The van der Waals surface area contributed by atoms with Crippen molar-refractivity contribution in [2.24, 2.45) is 10.9 Å². The number of halogens is 2. The fraction of sp³-hybridized carbons (Fsp3) is 0.412.